The van der Waals surface area contributed by atoms with Crippen molar-refractivity contribution in [3.05, 3.63) is 28.0 Å². The molecule has 0 aliphatic rings. The van der Waals surface area contributed by atoms with Gasteiger partial charge in [-0.2, -0.15) is 0 Å². The summed E-state index contributed by atoms with van der Waals surface area (Å²) in [6, 6.07) is 1.40. The predicted molar refractivity (Wildman–Crippen MR) is 57.9 cm³/mol. The summed E-state index contributed by atoms with van der Waals surface area (Å²) in [5, 5.41) is 0.473. The second kappa shape index (κ2) is 5.30. The summed E-state index contributed by atoms with van der Waals surface area (Å²) in [6.45, 7) is 3.59. The third-order valence-corrected chi connectivity index (χ3v) is 1.97. The largest absolute Gasteiger partial charge is 0.277 e. The van der Waals surface area contributed by atoms with E-state index in [1.807, 2.05) is 0 Å². The Kier molecular flexibility index (Phi) is 4.32. The van der Waals surface area contributed by atoms with Crippen LogP contribution in [-0.2, 0) is 4.84 Å². The highest BCUT2D eigenvalue weighted by molar-refractivity contribution is 6.36. The predicted octanol–water partition coefficient (Wildman–Crippen LogP) is 2.46. The van der Waals surface area contributed by atoms with E-state index in [-0.39, 0.29) is 21.8 Å². The Morgan fingerprint density at radius 1 is 1.53 bits per heavy atom. The first-order chi connectivity index (χ1) is 7.00. The molecule has 0 aliphatic heterocycles. The highest BCUT2D eigenvalue weighted by Crippen LogP contribution is 2.18. The highest BCUT2D eigenvalue weighted by Gasteiger charge is 2.11. The van der Waals surface area contributed by atoms with E-state index in [9.17, 15) is 4.79 Å². The van der Waals surface area contributed by atoms with Crippen molar-refractivity contribution in [3.8, 4) is 0 Å². The molecule has 0 saturated carbocycles. The lowest BCUT2D eigenvalue weighted by atomic mass is 10.3. The fourth-order valence-electron chi connectivity index (χ4n) is 0.801. The number of hydrogen-bond acceptors (Lipinski definition) is 3. The van der Waals surface area contributed by atoms with Crippen LogP contribution >= 0.6 is 23.2 Å². The van der Waals surface area contributed by atoms with Crippen LogP contribution in [0.3, 0.4) is 0 Å². The van der Waals surface area contributed by atoms with Crippen LogP contribution in [0.2, 0.25) is 10.2 Å². The molecule has 1 heterocycles. The third kappa shape index (κ3) is 3.66. The summed E-state index contributed by atoms with van der Waals surface area (Å²) in [7, 11) is 0. The topological polar surface area (TPSA) is 51.2 Å². The van der Waals surface area contributed by atoms with Crippen molar-refractivity contribution < 1.29 is 9.63 Å². The molecular weight excluding hydrogens is 239 g/mol. The van der Waals surface area contributed by atoms with Gasteiger partial charge in [-0.15, -0.1) is 0 Å². The molecule has 15 heavy (non-hydrogen) atoms. The van der Waals surface area contributed by atoms with Crippen molar-refractivity contribution in [3.63, 3.8) is 0 Å². The third-order valence-electron chi connectivity index (χ3n) is 1.45. The standard InChI is InChI=1S/C9H10Cl2N2O2/c1-5(2)15-13-9(14)6-4-12-8(11)3-7(6)10/h3-5H,1-2H3,(H,13,14). The zero-order valence-electron chi connectivity index (χ0n) is 8.25. The van der Waals surface area contributed by atoms with Crippen LogP contribution in [0.15, 0.2) is 12.3 Å². The summed E-state index contributed by atoms with van der Waals surface area (Å²) in [5.74, 6) is -0.446. The molecule has 82 valence electrons. The molecule has 4 nitrogen and oxygen atoms in total. The van der Waals surface area contributed by atoms with Crippen molar-refractivity contribution in [2.75, 3.05) is 0 Å². The van der Waals surface area contributed by atoms with Crippen LogP contribution < -0.4 is 5.48 Å². The van der Waals surface area contributed by atoms with Crippen molar-refractivity contribution in [1.82, 2.24) is 10.5 Å². The minimum Gasteiger partial charge on any atom is -0.271 e. The molecule has 1 N–H and O–H groups in total. The van der Waals surface area contributed by atoms with Crippen LogP contribution in [0.25, 0.3) is 0 Å². The molecule has 0 atom stereocenters. The van der Waals surface area contributed by atoms with Gasteiger partial charge in [0.15, 0.2) is 0 Å². The number of halogens is 2. The minimum atomic E-state index is -0.446. The van der Waals surface area contributed by atoms with Gasteiger partial charge in [0, 0.05) is 6.20 Å². The van der Waals surface area contributed by atoms with Gasteiger partial charge in [0.05, 0.1) is 16.7 Å². The van der Waals surface area contributed by atoms with E-state index in [2.05, 4.69) is 10.5 Å². The number of amides is 1. The number of pyridine rings is 1. The van der Waals surface area contributed by atoms with E-state index in [4.69, 9.17) is 28.0 Å². The monoisotopic (exact) mass is 248 g/mol. The Balaban J connectivity index is 2.74. The van der Waals surface area contributed by atoms with Gasteiger partial charge in [0.2, 0.25) is 0 Å². The van der Waals surface area contributed by atoms with Crippen LogP contribution in [0.1, 0.15) is 24.2 Å². The number of hydroxylamine groups is 1. The smallest absolute Gasteiger partial charge is 0.271 e. The molecular formula is C9H10Cl2N2O2. The zero-order chi connectivity index (χ0) is 11.4. The molecule has 0 bridgehead atoms. The number of hydrogen-bond donors (Lipinski definition) is 1. The second-order valence-electron chi connectivity index (χ2n) is 3.08. The van der Waals surface area contributed by atoms with Crippen LogP contribution in [0.5, 0.6) is 0 Å². The molecule has 0 saturated heterocycles. The molecule has 1 aromatic heterocycles. The van der Waals surface area contributed by atoms with Gasteiger partial charge in [0.1, 0.15) is 5.15 Å². The average Bonchev–Trinajstić information content (AvgIpc) is 2.14. The van der Waals surface area contributed by atoms with E-state index in [0.717, 1.165) is 0 Å². The molecule has 1 aromatic rings. The Morgan fingerprint density at radius 2 is 2.20 bits per heavy atom. The number of nitrogens with one attached hydrogen (secondary N) is 1. The summed E-state index contributed by atoms with van der Waals surface area (Å²) in [4.78, 5) is 20.2. The quantitative estimate of drug-likeness (QED) is 0.661. The molecule has 0 radical (unpaired) electrons. The van der Waals surface area contributed by atoms with E-state index in [1.54, 1.807) is 13.8 Å². The lowest BCUT2D eigenvalue weighted by Gasteiger charge is -2.08. The fourth-order valence-corrected chi connectivity index (χ4v) is 1.25. The summed E-state index contributed by atoms with van der Waals surface area (Å²) in [5.41, 5.74) is 2.48. The van der Waals surface area contributed by atoms with Crippen LogP contribution in [0.4, 0.5) is 0 Å². The maximum absolute atomic E-state index is 11.5. The van der Waals surface area contributed by atoms with Gasteiger partial charge in [0.25, 0.3) is 5.91 Å². The van der Waals surface area contributed by atoms with Crippen LogP contribution in [-0.4, -0.2) is 17.0 Å². The first-order valence-corrected chi connectivity index (χ1v) is 5.03. The lowest BCUT2D eigenvalue weighted by Crippen LogP contribution is -2.27. The Hall–Kier alpha value is -0.840. The minimum absolute atomic E-state index is 0.104. The summed E-state index contributed by atoms with van der Waals surface area (Å²) in [6.07, 6.45) is 1.19. The number of aromatic nitrogens is 1. The number of carbonyl (C=O) groups is 1. The van der Waals surface area contributed by atoms with Gasteiger partial charge in [-0.25, -0.2) is 10.5 Å². The maximum atomic E-state index is 11.5. The van der Waals surface area contributed by atoms with Gasteiger partial charge in [-0.3, -0.25) is 9.63 Å². The van der Waals surface area contributed by atoms with Crippen molar-refractivity contribution in [2.24, 2.45) is 0 Å². The maximum Gasteiger partial charge on any atom is 0.277 e. The first-order valence-electron chi connectivity index (χ1n) is 4.27. The Morgan fingerprint density at radius 3 is 2.73 bits per heavy atom. The van der Waals surface area contributed by atoms with Gasteiger partial charge >= 0.3 is 0 Å². The zero-order valence-corrected chi connectivity index (χ0v) is 9.76. The summed E-state index contributed by atoms with van der Waals surface area (Å²) < 4.78 is 0. The normalized spacial score (nSPS) is 10.5. The molecule has 1 rings (SSSR count). The van der Waals surface area contributed by atoms with Crippen molar-refractivity contribution >= 4 is 29.1 Å². The van der Waals surface area contributed by atoms with E-state index < -0.39 is 5.91 Å². The van der Waals surface area contributed by atoms with E-state index >= 15 is 0 Å². The molecule has 0 aromatic carbocycles. The van der Waals surface area contributed by atoms with Crippen molar-refractivity contribution in [2.45, 2.75) is 20.0 Å². The van der Waals surface area contributed by atoms with Crippen molar-refractivity contribution in [1.29, 1.82) is 0 Å². The van der Waals surface area contributed by atoms with E-state index in [1.165, 1.54) is 12.3 Å². The van der Waals surface area contributed by atoms with Crippen LogP contribution in [0, 0.1) is 0 Å². The molecule has 0 unspecified atom stereocenters. The highest BCUT2D eigenvalue weighted by atomic mass is 35.5. The second-order valence-corrected chi connectivity index (χ2v) is 3.88. The molecule has 6 heteroatoms. The Labute approximate surface area is 97.5 Å². The first kappa shape index (κ1) is 12.2. The fraction of sp³-hybridized carbons (Fsp3) is 0.333. The molecule has 0 spiro atoms. The Bertz CT molecular complexity index is 369. The van der Waals surface area contributed by atoms with E-state index in [0.29, 0.717) is 0 Å². The molecule has 0 fully saturated rings. The molecule has 0 aliphatic carbocycles. The van der Waals surface area contributed by atoms with Gasteiger partial charge in [-0.05, 0) is 19.9 Å². The van der Waals surface area contributed by atoms with Gasteiger partial charge in [-0.1, -0.05) is 23.2 Å². The average molecular weight is 249 g/mol. The number of carbonyl (C=O) groups excluding carboxylic acids is 1. The number of nitrogens with zero attached hydrogens (tertiary/aromatic N) is 1. The SMILES string of the molecule is CC(C)ONC(=O)c1cnc(Cl)cc1Cl. The summed E-state index contributed by atoms with van der Waals surface area (Å²) >= 11 is 11.4. The van der Waals surface area contributed by atoms with Gasteiger partial charge < -0.3 is 0 Å². The molecule has 1 amide bonds. The number of rotatable bonds is 3. The lowest BCUT2D eigenvalue weighted by molar-refractivity contribution is 0.000174.